The molecule has 0 saturated carbocycles. The van der Waals surface area contributed by atoms with Gasteiger partial charge in [0.15, 0.2) is 11.5 Å². The summed E-state index contributed by atoms with van der Waals surface area (Å²) in [6, 6.07) is 21.9. The van der Waals surface area contributed by atoms with Crippen LogP contribution in [0.2, 0.25) is 5.02 Å². The highest BCUT2D eigenvalue weighted by molar-refractivity contribution is 7.92. The van der Waals surface area contributed by atoms with Crippen molar-refractivity contribution in [2.24, 2.45) is 0 Å². The lowest BCUT2D eigenvalue weighted by Gasteiger charge is -2.21. The van der Waals surface area contributed by atoms with E-state index >= 15 is 0 Å². The van der Waals surface area contributed by atoms with E-state index in [1.54, 1.807) is 61.5 Å². The number of sulfonamides is 1. The van der Waals surface area contributed by atoms with Crippen LogP contribution in [-0.2, 0) is 10.0 Å². The first kappa shape index (κ1) is 27.8. The molecule has 0 bridgehead atoms. The van der Waals surface area contributed by atoms with Gasteiger partial charge in [-0.1, -0.05) is 54.1 Å². The van der Waals surface area contributed by atoms with Crippen molar-refractivity contribution in [2.75, 3.05) is 16.7 Å². The highest BCUT2D eigenvalue weighted by Crippen LogP contribution is 2.26. The predicted molar refractivity (Wildman–Crippen MR) is 161 cm³/mol. The standard InChI is InChI=1S/C29H25ClN6O4S/c1-17(24-15-19-9-7-13-22(30)25(19)29(38)36(24)21-11-4-3-5-12-21)33-28(37)26-27(31)32-16-23(34-26)18-8-6-10-20(14-18)35-41(2,39)40/h3-17,35H,1-2H3,(H2,31,32)(H,33,37)/t17-/m0/s1. The number of aromatic nitrogens is 3. The number of nitrogens with two attached hydrogens (primary N) is 1. The van der Waals surface area contributed by atoms with E-state index in [0.29, 0.717) is 44.1 Å². The summed E-state index contributed by atoms with van der Waals surface area (Å²) in [6.45, 7) is 1.75. The summed E-state index contributed by atoms with van der Waals surface area (Å²) >= 11 is 6.40. The van der Waals surface area contributed by atoms with Gasteiger partial charge in [0.05, 0.1) is 34.6 Å². The summed E-state index contributed by atoms with van der Waals surface area (Å²) in [4.78, 5) is 35.7. The van der Waals surface area contributed by atoms with Crippen molar-refractivity contribution in [1.29, 1.82) is 0 Å². The molecular weight excluding hydrogens is 564 g/mol. The summed E-state index contributed by atoms with van der Waals surface area (Å²) in [6.07, 6.45) is 2.45. The molecular formula is C29H25ClN6O4S. The minimum Gasteiger partial charge on any atom is -0.382 e. The number of fused-ring (bicyclic) bond motifs is 1. The van der Waals surface area contributed by atoms with E-state index < -0.39 is 22.0 Å². The molecule has 0 aliphatic rings. The van der Waals surface area contributed by atoms with Crippen molar-refractivity contribution in [3.05, 3.63) is 112 Å². The van der Waals surface area contributed by atoms with E-state index in [1.807, 2.05) is 24.3 Å². The average Bonchev–Trinajstić information content (AvgIpc) is 2.92. The Morgan fingerprint density at radius 3 is 2.49 bits per heavy atom. The Morgan fingerprint density at radius 1 is 1.02 bits per heavy atom. The van der Waals surface area contributed by atoms with Crippen LogP contribution in [0.4, 0.5) is 11.5 Å². The Morgan fingerprint density at radius 2 is 1.76 bits per heavy atom. The molecule has 1 atom stereocenters. The zero-order chi connectivity index (χ0) is 29.3. The lowest BCUT2D eigenvalue weighted by Crippen LogP contribution is -2.33. The number of para-hydroxylation sites is 1. The number of hydrogen-bond donors (Lipinski definition) is 3. The lowest BCUT2D eigenvalue weighted by molar-refractivity contribution is 0.0934. The van der Waals surface area contributed by atoms with E-state index in [1.165, 1.54) is 10.8 Å². The molecule has 0 aliphatic carbocycles. The summed E-state index contributed by atoms with van der Waals surface area (Å²) in [5.74, 6) is -0.692. The first-order chi connectivity index (χ1) is 19.5. The summed E-state index contributed by atoms with van der Waals surface area (Å²) < 4.78 is 27.2. The van der Waals surface area contributed by atoms with Crippen molar-refractivity contribution >= 4 is 49.8 Å². The van der Waals surface area contributed by atoms with E-state index in [0.717, 1.165) is 6.26 Å². The van der Waals surface area contributed by atoms with Crippen LogP contribution >= 0.6 is 11.6 Å². The molecule has 0 unspecified atom stereocenters. The number of amides is 1. The van der Waals surface area contributed by atoms with Crippen LogP contribution < -0.4 is 21.3 Å². The second kappa shape index (κ2) is 11.0. The van der Waals surface area contributed by atoms with Gasteiger partial charge in [-0.3, -0.25) is 18.9 Å². The fourth-order valence-electron chi connectivity index (χ4n) is 4.50. The average molecular weight is 589 g/mol. The van der Waals surface area contributed by atoms with Crippen molar-refractivity contribution in [2.45, 2.75) is 13.0 Å². The molecule has 2 heterocycles. The van der Waals surface area contributed by atoms with Gasteiger partial charge in [-0.25, -0.2) is 18.4 Å². The molecule has 2 aromatic heterocycles. The van der Waals surface area contributed by atoms with Gasteiger partial charge >= 0.3 is 0 Å². The second-order valence-electron chi connectivity index (χ2n) is 9.39. The smallest absolute Gasteiger partial charge is 0.274 e. The zero-order valence-electron chi connectivity index (χ0n) is 22.0. The molecule has 5 rings (SSSR count). The molecule has 41 heavy (non-hydrogen) atoms. The summed E-state index contributed by atoms with van der Waals surface area (Å²) in [5.41, 5.74) is 7.90. The highest BCUT2D eigenvalue weighted by atomic mass is 35.5. The van der Waals surface area contributed by atoms with E-state index in [-0.39, 0.29) is 17.1 Å². The van der Waals surface area contributed by atoms with Gasteiger partial charge in [-0.05, 0) is 48.7 Å². The Labute approximate surface area is 240 Å². The van der Waals surface area contributed by atoms with Crippen LogP contribution in [0.15, 0.2) is 89.9 Å². The zero-order valence-corrected chi connectivity index (χ0v) is 23.6. The largest absolute Gasteiger partial charge is 0.382 e. The van der Waals surface area contributed by atoms with Crippen LogP contribution in [0.5, 0.6) is 0 Å². The molecule has 0 aliphatic heterocycles. The third kappa shape index (κ3) is 5.91. The topological polar surface area (TPSA) is 149 Å². The van der Waals surface area contributed by atoms with Gasteiger partial charge in [-0.15, -0.1) is 0 Å². The van der Waals surface area contributed by atoms with Crippen molar-refractivity contribution in [3.63, 3.8) is 0 Å². The number of benzene rings is 3. The number of pyridine rings is 1. The Bertz CT molecular complexity index is 1960. The number of halogens is 1. The maximum atomic E-state index is 13.7. The number of carbonyl (C=O) groups excluding carboxylic acids is 1. The fourth-order valence-corrected chi connectivity index (χ4v) is 5.32. The number of carbonyl (C=O) groups is 1. The monoisotopic (exact) mass is 588 g/mol. The lowest BCUT2D eigenvalue weighted by atomic mass is 10.1. The highest BCUT2D eigenvalue weighted by Gasteiger charge is 2.22. The van der Waals surface area contributed by atoms with Crippen LogP contribution in [0.1, 0.15) is 29.1 Å². The minimum atomic E-state index is -3.49. The quantitative estimate of drug-likeness (QED) is 0.252. The predicted octanol–water partition coefficient (Wildman–Crippen LogP) is 4.55. The maximum absolute atomic E-state index is 13.7. The SMILES string of the molecule is C[C@H](NC(=O)c1nc(-c2cccc(NS(C)(=O)=O)c2)cnc1N)c1cc2cccc(Cl)c2c(=O)n1-c1ccccc1. The Balaban J connectivity index is 1.52. The molecule has 3 aromatic carbocycles. The van der Waals surface area contributed by atoms with Gasteiger partial charge in [-0.2, -0.15) is 0 Å². The third-order valence-electron chi connectivity index (χ3n) is 6.31. The van der Waals surface area contributed by atoms with Gasteiger partial charge in [0.1, 0.15) is 0 Å². The summed E-state index contributed by atoms with van der Waals surface area (Å²) in [5, 5.41) is 4.22. The molecule has 0 spiro atoms. The van der Waals surface area contributed by atoms with Crippen LogP contribution in [0.25, 0.3) is 27.7 Å². The Hall–Kier alpha value is -4.74. The van der Waals surface area contributed by atoms with E-state index in [9.17, 15) is 18.0 Å². The second-order valence-corrected chi connectivity index (χ2v) is 11.5. The number of hydrogen-bond acceptors (Lipinski definition) is 7. The molecule has 5 aromatic rings. The number of anilines is 2. The molecule has 208 valence electrons. The van der Waals surface area contributed by atoms with Crippen LogP contribution in [0.3, 0.4) is 0 Å². The van der Waals surface area contributed by atoms with Crippen molar-refractivity contribution < 1.29 is 13.2 Å². The van der Waals surface area contributed by atoms with Crippen LogP contribution in [-0.4, -0.2) is 35.1 Å². The molecule has 0 radical (unpaired) electrons. The molecule has 0 fully saturated rings. The Kier molecular flexibility index (Phi) is 7.48. The van der Waals surface area contributed by atoms with Gasteiger partial charge in [0, 0.05) is 22.6 Å². The third-order valence-corrected chi connectivity index (χ3v) is 7.23. The number of nitrogen functional groups attached to an aromatic ring is 1. The molecule has 1 amide bonds. The van der Waals surface area contributed by atoms with Crippen molar-refractivity contribution in [3.8, 4) is 16.9 Å². The normalized spacial score (nSPS) is 12.2. The van der Waals surface area contributed by atoms with Crippen LogP contribution in [0, 0.1) is 0 Å². The van der Waals surface area contributed by atoms with Gasteiger partial charge < -0.3 is 11.1 Å². The minimum absolute atomic E-state index is 0.0883. The van der Waals surface area contributed by atoms with Crippen molar-refractivity contribution in [1.82, 2.24) is 19.9 Å². The maximum Gasteiger partial charge on any atom is 0.274 e. The molecule has 12 heteroatoms. The first-order valence-electron chi connectivity index (χ1n) is 12.4. The van der Waals surface area contributed by atoms with Gasteiger partial charge in [0.25, 0.3) is 11.5 Å². The number of rotatable bonds is 7. The van der Waals surface area contributed by atoms with E-state index in [4.69, 9.17) is 17.3 Å². The molecule has 4 N–H and O–H groups in total. The first-order valence-corrected chi connectivity index (χ1v) is 14.7. The number of nitrogens with one attached hydrogen (secondary N) is 2. The molecule has 0 saturated heterocycles. The fraction of sp³-hybridized carbons (Fsp3) is 0.103. The summed E-state index contributed by atoms with van der Waals surface area (Å²) in [7, 11) is -3.49. The van der Waals surface area contributed by atoms with E-state index in [2.05, 4.69) is 20.0 Å². The molecule has 10 nitrogen and oxygen atoms in total. The van der Waals surface area contributed by atoms with Gasteiger partial charge in [0.2, 0.25) is 10.0 Å². The number of nitrogens with zero attached hydrogens (tertiary/aromatic N) is 3.